The molecule has 3 nitrogen and oxygen atoms in total. The monoisotopic (exact) mass is 164 g/mol. The Kier molecular flexibility index (Phi) is 1.87. The molecule has 12 heavy (non-hydrogen) atoms. The van der Waals surface area contributed by atoms with Crippen molar-refractivity contribution >= 4 is 5.69 Å². The SMILES string of the molecule is [CH2]OC1CNc2ccccc2O1. The summed E-state index contributed by atoms with van der Waals surface area (Å²) in [4.78, 5) is 0. The molecule has 0 aliphatic carbocycles. The van der Waals surface area contributed by atoms with Crippen molar-refractivity contribution in [3.05, 3.63) is 31.4 Å². The van der Waals surface area contributed by atoms with Crippen LogP contribution in [0.4, 0.5) is 5.69 Å². The van der Waals surface area contributed by atoms with Crippen molar-refractivity contribution in [2.24, 2.45) is 0 Å². The number of hydrogen-bond acceptors (Lipinski definition) is 3. The van der Waals surface area contributed by atoms with Crippen LogP contribution in [-0.2, 0) is 4.74 Å². The van der Waals surface area contributed by atoms with Crippen molar-refractivity contribution < 1.29 is 9.47 Å². The van der Waals surface area contributed by atoms with Crippen LogP contribution in [0.15, 0.2) is 24.3 Å². The summed E-state index contributed by atoms with van der Waals surface area (Å²) in [6.07, 6.45) is -0.278. The van der Waals surface area contributed by atoms with E-state index in [1.807, 2.05) is 24.3 Å². The summed E-state index contributed by atoms with van der Waals surface area (Å²) in [5.41, 5.74) is 1.01. The Bertz CT molecular complexity index is 275. The van der Waals surface area contributed by atoms with Gasteiger partial charge in [-0.1, -0.05) is 12.1 Å². The third-order valence-electron chi connectivity index (χ3n) is 1.79. The second kappa shape index (κ2) is 3.03. The van der Waals surface area contributed by atoms with Crippen molar-refractivity contribution in [2.75, 3.05) is 11.9 Å². The van der Waals surface area contributed by atoms with Crippen molar-refractivity contribution in [1.82, 2.24) is 0 Å². The van der Waals surface area contributed by atoms with Gasteiger partial charge in [-0.25, -0.2) is 0 Å². The minimum Gasteiger partial charge on any atom is -0.461 e. The predicted molar refractivity (Wildman–Crippen MR) is 45.8 cm³/mol. The van der Waals surface area contributed by atoms with Crippen LogP contribution >= 0.6 is 0 Å². The molecule has 1 aliphatic heterocycles. The summed E-state index contributed by atoms with van der Waals surface area (Å²) in [6.45, 7) is 0.639. The quantitative estimate of drug-likeness (QED) is 0.684. The summed E-state index contributed by atoms with van der Waals surface area (Å²) >= 11 is 0. The summed E-state index contributed by atoms with van der Waals surface area (Å²) in [5, 5.41) is 3.17. The van der Waals surface area contributed by atoms with Gasteiger partial charge in [0.2, 0.25) is 6.29 Å². The molecule has 0 aromatic heterocycles. The fraction of sp³-hybridized carbons (Fsp3) is 0.222. The molecule has 0 fully saturated rings. The first kappa shape index (κ1) is 7.43. The van der Waals surface area contributed by atoms with Gasteiger partial charge in [0, 0.05) is 0 Å². The Morgan fingerprint density at radius 2 is 2.33 bits per heavy atom. The minimum absolute atomic E-state index is 0.278. The lowest BCUT2D eigenvalue weighted by Gasteiger charge is -2.25. The standard InChI is InChI=1S/C9H10NO2/c1-11-9-6-10-7-4-2-3-5-8(7)12-9/h2-5,9-10H,1,6H2. The van der Waals surface area contributed by atoms with Crippen LogP contribution in [0.3, 0.4) is 0 Å². The normalized spacial score (nSPS) is 20.6. The van der Waals surface area contributed by atoms with Crippen LogP contribution in [0.1, 0.15) is 0 Å². The van der Waals surface area contributed by atoms with Crippen LogP contribution in [0.25, 0.3) is 0 Å². The number of fused-ring (bicyclic) bond motifs is 1. The van der Waals surface area contributed by atoms with E-state index in [4.69, 9.17) is 9.47 Å². The molecular weight excluding hydrogens is 154 g/mol. The van der Waals surface area contributed by atoms with E-state index in [-0.39, 0.29) is 6.29 Å². The van der Waals surface area contributed by atoms with Crippen LogP contribution < -0.4 is 10.1 Å². The van der Waals surface area contributed by atoms with E-state index in [0.29, 0.717) is 6.54 Å². The third-order valence-corrected chi connectivity index (χ3v) is 1.79. The topological polar surface area (TPSA) is 30.5 Å². The molecule has 3 heteroatoms. The van der Waals surface area contributed by atoms with Crippen molar-refractivity contribution in [3.8, 4) is 5.75 Å². The Morgan fingerprint density at radius 1 is 1.50 bits per heavy atom. The smallest absolute Gasteiger partial charge is 0.217 e. The fourth-order valence-electron chi connectivity index (χ4n) is 1.18. The summed E-state index contributed by atoms with van der Waals surface area (Å²) in [5.74, 6) is 0.817. The van der Waals surface area contributed by atoms with E-state index >= 15 is 0 Å². The van der Waals surface area contributed by atoms with Gasteiger partial charge >= 0.3 is 0 Å². The zero-order valence-corrected chi connectivity index (χ0v) is 6.62. The maximum absolute atomic E-state index is 5.43. The molecule has 1 unspecified atom stereocenters. The van der Waals surface area contributed by atoms with Crippen LogP contribution in [0.2, 0.25) is 0 Å². The molecule has 0 amide bonds. The van der Waals surface area contributed by atoms with Gasteiger partial charge < -0.3 is 14.8 Å². The number of anilines is 1. The zero-order valence-electron chi connectivity index (χ0n) is 6.62. The highest BCUT2D eigenvalue weighted by Crippen LogP contribution is 2.28. The van der Waals surface area contributed by atoms with Crippen LogP contribution in [-0.4, -0.2) is 12.8 Å². The van der Waals surface area contributed by atoms with E-state index in [1.165, 1.54) is 0 Å². The van der Waals surface area contributed by atoms with E-state index in [1.54, 1.807) is 0 Å². The first-order chi connectivity index (χ1) is 5.90. The first-order valence-corrected chi connectivity index (χ1v) is 3.80. The second-order valence-corrected chi connectivity index (χ2v) is 2.59. The third kappa shape index (κ3) is 1.23. The molecule has 1 N–H and O–H groups in total. The van der Waals surface area contributed by atoms with Gasteiger partial charge in [-0.15, -0.1) is 0 Å². The lowest BCUT2D eigenvalue weighted by Crippen LogP contribution is -2.31. The fourth-order valence-corrected chi connectivity index (χ4v) is 1.18. The molecule has 1 heterocycles. The molecule has 1 aliphatic rings. The van der Waals surface area contributed by atoms with Gasteiger partial charge in [-0.2, -0.15) is 0 Å². The summed E-state index contributed by atoms with van der Waals surface area (Å²) < 4.78 is 10.2. The Labute approximate surface area is 71.3 Å². The molecule has 63 valence electrons. The number of ether oxygens (including phenoxy) is 2. The van der Waals surface area contributed by atoms with E-state index in [0.717, 1.165) is 11.4 Å². The Morgan fingerprint density at radius 3 is 3.17 bits per heavy atom. The molecule has 1 aromatic carbocycles. The maximum atomic E-state index is 5.43. The summed E-state index contributed by atoms with van der Waals surface area (Å²) in [7, 11) is 3.32. The first-order valence-electron chi connectivity index (χ1n) is 3.80. The van der Waals surface area contributed by atoms with Crippen molar-refractivity contribution in [1.29, 1.82) is 0 Å². The average Bonchev–Trinajstić information content (AvgIpc) is 2.17. The molecule has 0 spiro atoms. The number of rotatable bonds is 1. The van der Waals surface area contributed by atoms with Crippen molar-refractivity contribution in [3.63, 3.8) is 0 Å². The second-order valence-electron chi connectivity index (χ2n) is 2.59. The van der Waals surface area contributed by atoms with Gasteiger partial charge in [-0.05, 0) is 12.1 Å². The molecule has 0 saturated heterocycles. The maximum Gasteiger partial charge on any atom is 0.217 e. The number of hydrogen-bond donors (Lipinski definition) is 1. The van der Waals surface area contributed by atoms with E-state index in [2.05, 4.69) is 12.4 Å². The molecule has 0 saturated carbocycles. The highest BCUT2D eigenvalue weighted by molar-refractivity contribution is 5.57. The number of benzene rings is 1. The Balaban J connectivity index is 2.23. The summed E-state index contributed by atoms with van der Waals surface area (Å²) in [6, 6.07) is 7.74. The van der Waals surface area contributed by atoms with E-state index in [9.17, 15) is 0 Å². The van der Waals surface area contributed by atoms with E-state index < -0.39 is 0 Å². The predicted octanol–water partition coefficient (Wildman–Crippen LogP) is 1.63. The van der Waals surface area contributed by atoms with Gasteiger partial charge in [-0.3, -0.25) is 0 Å². The highest BCUT2D eigenvalue weighted by Gasteiger charge is 2.16. The minimum atomic E-state index is -0.278. The Hall–Kier alpha value is -1.22. The number of para-hydroxylation sites is 2. The van der Waals surface area contributed by atoms with Gasteiger partial charge in [0.05, 0.1) is 19.3 Å². The van der Waals surface area contributed by atoms with Crippen LogP contribution in [0.5, 0.6) is 5.75 Å². The van der Waals surface area contributed by atoms with Gasteiger partial charge in [0.15, 0.2) is 0 Å². The molecule has 1 radical (unpaired) electrons. The molecular formula is C9H10NO2. The number of nitrogens with one attached hydrogen (secondary N) is 1. The molecule has 1 aromatic rings. The van der Waals surface area contributed by atoms with Crippen molar-refractivity contribution in [2.45, 2.75) is 6.29 Å². The van der Waals surface area contributed by atoms with Crippen LogP contribution in [0, 0.1) is 7.11 Å². The van der Waals surface area contributed by atoms with Gasteiger partial charge in [0.25, 0.3) is 0 Å². The molecule has 1 atom stereocenters. The average molecular weight is 164 g/mol. The zero-order chi connectivity index (χ0) is 8.39. The van der Waals surface area contributed by atoms with Gasteiger partial charge in [0.1, 0.15) is 5.75 Å². The lowest BCUT2D eigenvalue weighted by molar-refractivity contribution is -0.0262. The largest absolute Gasteiger partial charge is 0.461 e. The highest BCUT2D eigenvalue weighted by atomic mass is 16.7. The lowest BCUT2D eigenvalue weighted by atomic mass is 10.2. The molecule has 2 rings (SSSR count). The molecule has 0 bridgehead atoms.